The Bertz CT molecular complexity index is 1170. The number of aromatic nitrogens is 3. The molecule has 8 nitrogen and oxygen atoms in total. The highest BCUT2D eigenvalue weighted by atomic mass is 32.1. The maximum Gasteiger partial charge on any atom is 0.405 e. The first-order chi connectivity index (χ1) is 17.2. The van der Waals surface area contributed by atoms with E-state index in [0.717, 1.165) is 49.5 Å². The van der Waals surface area contributed by atoms with Gasteiger partial charge in [0.15, 0.2) is 0 Å². The molecule has 1 unspecified atom stereocenters. The van der Waals surface area contributed by atoms with Gasteiger partial charge in [0.1, 0.15) is 17.4 Å². The number of aliphatic hydroxyl groups excluding tert-OH is 1. The van der Waals surface area contributed by atoms with E-state index in [1.54, 1.807) is 6.92 Å². The number of fused-ring (bicyclic) bond motifs is 1. The largest absolute Gasteiger partial charge is 0.405 e. The van der Waals surface area contributed by atoms with Crippen LogP contribution in [0.3, 0.4) is 0 Å². The van der Waals surface area contributed by atoms with E-state index < -0.39 is 18.8 Å². The Hall–Kier alpha value is -2.54. The average Bonchev–Trinajstić information content (AvgIpc) is 3.40. The topological polar surface area (TPSA) is 95.4 Å². The van der Waals surface area contributed by atoms with E-state index in [4.69, 9.17) is 9.72 Å². The number of ether oxygens (including phenoxy) is 1. The Morgan fingerprint density at radius 2 is 1.92 bits per heavy atom. The highest BCUT2D eigenvalue weighted by Gasteiger charge is 2.35. The molecule has 2 aliphatic rings. The Kier molecular flexibility index (Phi) is 7.29. The lowest BCUT2D eigenvalue weighted by molar-refractivity contribution is -0.115. The molecule has 1 aromatic carbocycles. The summed E-state index contributed by atoms with van der Waals surface area (Å²) in [4.78, 5) is 15.8. The Morgan fingerprint density at radius 1 is 1.14 bits per heavy atom. The van der Waals surface area contributed by atoms with Crippen molar-refractivity contribution in [2.45, 2.75) is 38.1 Å². The summed E-state index contributed by atoms with van der Waals surface area (Å²) in [6, 6.07) is 7.43. The van der Waals surface area contributed by atoms with Crippen molar-refractivity contribution in [3.63, 3.8) is 0 Å². The molecule has 36 heavy (non-hydrogen) atoms. The van der Waals surface area contributed by atoms with Crippen LogP contribution in [0.25, 0.3) is 20.8 Å². The van der Waals surface area contributed by atoms with Crippen LogP contribution in [0.5, 0.6) is 0 Å². The number of alkyl halides is 3. The van der Waals surface area contributed by atoms with Gasteiger partial charge in [-0.15, -0.1) is 11.3 Å². The molecule has 1 saturated heterocycles. The van der Waals surface area contributed by atoms with Gasteiger partial charge in [0.25, 0.3) is 0 Å². The number of aryl methyl sites for hydroxylation is 1. The number of thiazole rings is 1. The van der Waals surface area contributed by atoms with E-state index in [0.29, 0.717) is 34.4 Å². The minimum absolute atomic E-state index is 0.116. The Labute approximate surface area is 210 Å². The fraction of sp³-hybridized carbons (Fsp3) is 0.542. The third kappa shape index (κ3) is 5.88. The molecule has 2 aromatic heterocycles. The van der Waals surface area contributed by atoms with Gasteiger partial charge in [-0.1, -0.05) is 12.1 Å². The summed E-state index contributed by atoms with van der Waals surface area (Å²) in [5.41, 5.74) is 1.97. The van der Waals surface area contributed by atoms with Gasteiger partial charge in [-0.3, -0.25) is 4.90 Å². The number of para-hydroxylation sites is 1. The summed E-state index contributed by atoms with van der Waals surface area (Å²) in [5, 5.41) is 17.2. The lowest BCUT2D eigenvalue weighted by Crippen LogP contribution is -2.39. The van der Waals surface area contributed by atoms with Gasteiger partial charge < -0.3 is 20.5 Å². The highest BCUT2D eigenvalue weighted by molar-refractivity contribution is 7.21. The normalized spacial score (nSPS) is 23.3. The first-order valence-corrected chi connectivity index (χ1v) is 12.9. The number of benzene rings is 1. The second-order valence-electron chi connectivity index (χ2n) is 9.38. The molecule has 3 N–H and O–H groups in total. The van der Waals surface area contributed by atoms with Gasteiger partial charge in [0.2, 0.25) is 5.95 Å². The molecule has 1 aliphatic carbocycles. The number of rotatable bonds is 7. The molecule has 194 valence electrons. The van der Waals surface area contributed by atoms with Crippen molar-refractivity contribution < 1.29 is 23.0 Å². The summed E-state index contributed by atoms with van der Waals surface area (Å²) in [5.74, 6) is 0.559. The predicted molar refractivity (Wildman–Crippen MR) is 133 cm³/mol. The van der Waals surface area contributed by atoms with Gasteiger partial charge in [0.05, 0.1) is 46.8 Å². The van der Waals surface area contributed by atoms with Crippen molar-refractivity contribution in [3.8, 4) is 10.6 Å². The molecule has 3 aromatic rings. The number of aliphatic hydroxyl groups is 1. The molecular weight excluding hydrogens is 493 g/mol. The molecule has 0 bridgehead atoms. The minimum Gasteiger partial charge on any atom is -0.391 e. The summed E-state index contributed by atoms with van der Waals surface area (Å²) >= 11 is 1.47. The fourth-order valence-corrected chi connectivity index (χ4v) is 5.98. The maximum absolute atomic E-state index is 12.8. The van der Waals surface area contributed by atoms with Gasteiger partial charge in [-0.25, -0.2) is 9.97 Å². The van der Waals surface area contributed by atoms with Crippen molar-refractivity contribution in [2.24, 2.45) is 5.92 Å². The summed E-state index contributed by atoms with van der Waals surface area (Å²) in [6.07, 6.45) is -3.62. The number of nitrogens with zero attached hydrogens (tertiary/aromatic N) is 4. The van der Waals surface area contributed by atoms with Crippen LogP contribution in [0.4, 0.5) is 24.9 Å². The average molecular weight is 523 g/mol. The number of morpholine rings is 1. The van der Waals surface area contributed by atoms with E-state index >= 15 is 0 Å². The van der Waals surface area contributed by atoms with E-state index in [2.05, 4.69) is 25.5 Å². The lowest BCUT2D eigenvalue weighted by Gasteiger charge is -2.29. The quantitative estimate of drug-likeness (QED) is 0.430. The van der Waals surface area contributed by atoms with Crippen molar-refractivity contribution >= 4 is 33.3 Å². The smallest absolute Gasteiger partial charge is 0.391 e. The monoisotopic (exact) mass is 522 g/mol. The SMILES string of the molecule is Cc1nc(NCC(F)(F)F)nc(NC2C[C@H](CN3CCOCC3)C[C@H]2O)c1-c1nc2ccccc2s1. The molecule has 0 amide bonds. The van der Waals surface area contributed by atoms with Gasteiger partial charge >= 0.3 is 6.18 Å². The highest BCUT2D eigenvalue weighted by Crippen LogP contribution is 2.38. The molecule has 2 fully saturated rings. The molecule has 3 heterocycles. The van der Waals surface area contributed by atoms with Crippen molar-refractivity contribution in [1.29, 1.82) is 0 Å². The van der Waals surface area contributed by atoms with Crippen LogP contribution >= 0.6 is 11.3 Å². The number of halogens is 3. The summed E-state index contributed by atoms with van der Waals surface area (Å²) in [7, 11) is 0. The number of anilines is 2. The third-order valence-corrected chi connectivity index (χ3v) is 7.67. The van der Waals surface area contributed by atoms with E-state index in [9.17, 15) is 18.3 Å². The molecule has 0 spiro atoms. The van der Waals surface area contributed by atoms with Crippen LogP contribution in [0.15, 0.2) is 24.3 Å². The third-order valence-electron chi connectivity index (χ3n) is 6.61. The van der Waals surface area contributed by atoms with Crippen LogP contribution in [0.2, 0.25) is 0 Å². The van der Waals surface area contributed by atoms with Gasteiger partial charge in [-0.05, 0) is 37.8 Å². The minimum atomic E-state index is -4.40. The number of nitrogens with one attached hydrogen (secondary N) is 2. The number of hydrogen-bond donors (Lipinski definition) is 3. The van der Waals surface area contributed by atoms with Gasteiger partial charge in [-0.2, -0.15) is 18.2 Å². The lowest BCUT2D eigenvalue weighted by atomic mass is 10.1. The molecule has 1 saturated carbocycles. The van der Waals surface area contributed by atoms with Crippen molar-refractivity contribution in [3.05, 3.63) is 30.0 Å². The number of hydrogen-bond acceptors (Lipinski definition) is 9. The van der Waals surface area contributed by atoms with E-state index in [1.165, 1.54) is 11.3 Å². The Balaban J connectivity index is 1.42. The van der Waals surface area contributed by atoms with Crippen molar-refractivity contribution in [2.75, 3.05) is 50.0 Å². The molecule has 1 aliphatic heterocycles. The second-order valence-corrected chi connectivity index (χ2v) is 10.4. The predicted octanol–water partition coefficient (Wildman–Crippen LogP) is 3.92. The van der Waals surface area contributed by atoms with Crippen molar-refractivity contribution in [1.82, 2.24) is 19.9 Å². The van der Waals surface area contributed by atoms with Crippen LogP contribution in [-0.2, 0) is 4.74 Å². The fourth-order valence-electron chi connectivity index (χ4n) is 4.92. The van der Waals surface area contributed by atoms with E-state index in [1.807, 2.05) is 24.3 Å². The second kappa shape index (κ2) is 10.4. The molecular formula is C24H29F3N6O2S. The first kappa shape index (κ1) is 25.1. The molecule has 3 atom stereocenters. The van der Waals surface area contributed by atoms with Crippen LogP contribution in [0.1, 0.15) is 18.5 Å². The summed E-state index contributed by atoms with van der Waals surface area (Å²) in [6.45, 7) is 4.58. The Morgan fingerprint density at radius 3 is 2.67 bits per heavy atom. The first-order valence-electron chi connectivity index (χ1n) is 12.0. The zero-order valence-corrected chi connectivity index (χ0v) is 20.7. The molecule has 5 rings (SSSR count). The summed E-state index contributed by atoms with van der Waals surface area (Å²) < 4.78 is 44.9. The molecule has 0 radical (unpaired) electrons. The standard InChI is InChI=1S/C24H29F3N6O2S/c1-14-20(22-31-16-4-2-3-5-19(16)36-22)21(32-23(29-14)28-13-24(25,26)27)30-17-10-15(11-18(17)34)12-33-6-8-35-9-7-33/h2-5,15,17-18,34H,6-13H2,1H3,(H2,28,29,30,32)/t15-,17?,18+/m0/s1. The zero-order chi connectivity index (χ0) is 25.3. The van der Waals surface area contributed by atoms with Gasteiger partial charge in [0, 0.05) is 19.6 Å². The van der Waals surface area contributed by atoms with Crippen LogP contribution in [-0.4, -0.2) is 82.7 Å². The van der Waals surface area contributed by atoms with Crippen LogP contribution in [0, 0.1) is 12.8 Å². The maximum atomic E-state index is 12.8. The van der Waals surface area contributed by atoms with E-state index in [-0.39, 0.29) is 12.0 Å². The molecule has 12 heteroatoms. The zero-order valence-electron chi connectivity index (χ0n) is 19.9. The van der Waals surface area contributed by atoms with Crippen LogP contribution < -0.4 is 10.6 Å².